The van der Waals surface area contributed by atoms with Crippen molar-refractivity contribution in [2.75, 3.05) is 20.6 Å². The zero-order valence-corrected chi connectivity index (χ0v) is 16.0. The first kappa shape index (κ1) is 17.4. The first-order valence-corrected chi connectivity index (χ1v) is 9.37. The van der Waals surface area contributed by atoms with Crippen molar-refractivity contribution in [1.82, 2.24) is 24.1 Å². The van der Waals surface area contributed by atoms with E-state index in [0.29, 0.717) is 4.88 Å². The van der Waals surface area contributed by atoms with Crippen molar-refractivity contribution in [2.45, 2.75) is 6.54 Å². The molecule has 0 aliphatic heterocycles. The molecule has 0 spiro atoms. The molecule has 0 aromatic carbocycles. The summed E-state index contributed by atoms with van der Waals surface area (Å²) in [6.45, 7) is 1.79. The third-order valence-corrected chi connectivity index (χ3v) is 5.48. The van der Waals surface area contributed by atoms with Crippen molar-refractivity contribution in [3.63, 3.8) is 0 Å². The van der Waals surface area contributed by atoms with Gasteiger partial charge < -0.3 is 10.6 Å². The molecule has 138 valence electrons. The Kier molecular flexibility index (Phi) is 4.51. The quantitative estimate of drug-likeness (QED) is 0.557. The van der Waals surface area contributed by atoms with Crippen LogP contribution in [-0.2, 0) is 6.54 Å². The fourth-order valence-corrected chi connectivity index (χ4v) is 3.75. The van der Waals surface area contributed by atoms with E-state index in [2.05, 4.69) is 21.2 Å². The molecule has 0 bridgehead atoms. The molecule has 0 radical (unpaired) electrons. The van der Waals surface area contributed by atoms with E-state index in [9.17, 15) is 4.79 Å². The molecular weight excluding hydrogens is 360 g/mol. The zero-order valence-electron chi connectivity index (χ0n) is 15.2. The number of fused-ring (bicyclic) bond motifs is 1. The lowest BCUT2D eigenvalue weighted by Crippen LogP contribution is -2.18. The van der Waals surface area contributed by atoms with Crippen LogP contribution in [0.2, 0.25) is 0 Å². The van der Waals surface area contributed by atoms with E-state index in [0.717, 1.165) is 40.4 Å². The van der Waals surface area contributed by atoms with E-state index in [1.54, 1.807) is 6.07 Å². The van der Waals surface area contributed by atoms with Crippen molar-refractivity contribution in [1.29, 1.82) is 0 Å². The molecular formula is C19H20N6OS. The van der Waals surface area contributed by atoms with Crippen molar-refractivity contribution in [2.24, 2.45) is 5.73 Å². The second kappa shape index (κ2) is 6.98. The Morgan fingerprint density at radius 2 is 2.07 bits per heavy atom. The van der Waals surface area contributed by atoms with Crippen LogP contribution in [0.4, 0.5) is 0 Å². The number of amides is 1. The Labute approximate surface area is 160 Å². The number of nitrogens with two attached hydrogens (primary N) is 1. The summed E-state index contributed by atoms with van der Waals surface area (Å²) in [5.41, 5.74) is 9.27. The van der Waals surface area contributed by atoms with Gasteiger partial charge in [-0.3, -0.25) is 13.9 Å². The van der Waals surface area contributed by atoms with E-state index in [1.165, 1.54) is 11.3 Å². The second-order valence-corrected chi connectivity index (χ2v) is 7.69. The highest BCUT2D eigenvalue weighted by Crippen LogP contribution is 2.30. The third-order valence-electron chi connectivity index (χ3n) is 4.36. The summed E-state index contributed by atoms with van der Waals surface area (Å²) in [7, 11) is 4.10. The van der Waals surface area contributed by atoms with Gasteiger partial charge >= 0.3 is 0 Å². The van der Waals surface area contributed by atoms with Crippen LogP contribution < -0.4 is 5.73 Å². The van der Waals surface area contributed by atoms with Crippen LogP contribution in [0, 0.1) is 0 Å². The number of nitrogens with zero attached hydrogens (tertiary/aromatic N) is 5. The van der Waals surface area contributed by atoms with E-state index in [1.807, 2.05) is 60.0 Å². The minimum atomic E-state index is -0.409. The Bertz CT molecular complexity index is 1110. The molecule has 0 fully saturated rings. The van der Waals surface area contributed by atoms with Crippen LogP contribution in [0.5, 0.6) is 0 Å². The largest absolute Gasteiger partial charge is 0.365 e. The molecule has 27 heavy (non-hydrogen) atoms. The molecule has 0 aliphatic carbocycles. The lowest BCUT2D eigenvalue weighted by molar-refractivity contribution is 0.100. The summed E-state index contributed by atoms with van der Waals surface area (Å²) >= 11 is 1.37. The third kappa shape index (κ3) is 3.49. The molecule has 4 aromatic heterocycles. The Morgan fingerprint density at radius 1 is 1.22 bits per heavy atom. The van der Waals surface area contributed by atoms with Crippen molar-refractivity contribution < 1.29 is 4.79 Å². The van der Waals surface area contributed by atoms with Gasteiger partial charge in [-0.2, -0.15) is 5.10 Å². The smallest absolute Gasteiger partial charge is 0.258 e. The molecule has 8 heteroatoms. The highest BCUT2D eigenvalue weighted by molar-refractivity contribution is 7.17. The lowest BCUT2D eigenvalue weighted by Gasteiger charge is -2.08. The minimum absolute atomic E-state index is 0.409. The zero-order chi connectivity index (χ0) is 19.0. The maximum absolute atomic E-state index is 11.3. The topological polar surface area (TPSA) is 81.5 Å². The number of rotatable bonds is 6. The van der Waals surface area contributed by atoms with Crippen molar-refractivity contribution >= 4 is 22.9 Å². The second-order valence-electron chi connectivity index (χ2n) is 6.61. The van der Waals surface area contributed by atoms with Crippen LogP contribution in [0.1, 0.15) is 9.67 Å². The number of hydrogen-bond acceptors (Lipinski definition) is 5. The average molecular weight is 380 g/mol. The summed E-state index contributed by atoms with van der Waals surface area (Å²) in [6.07, 6.45) is 7.74. The first-order chi connectivity index (χ1) is 13.0. The molecule has 1 amide bonds. The first-order valence-electron chi connectivity index (χ1n) is 8.56. The van der Waals surface area contributed by atoms with Crippen LogP contribution in [-0.4, -0.2) is 50.6 Å². The van der Waals surface area contributed by atoms with Crippen LogP contribution in [0.15, 0.2) is 49.1 Å². The fourth-order valence-electron chi connectivity index (χ4n) is 2.89. The summed E-state index contributed by atoms with van der Waals surface area (Å²) in [5.74, 6) is -0.409. The Balaban J connectivity index is 1.63. The monoisotopic (exact) mass is 380 g/mol. The van der Waals surface area contributed by atoms with Gasteiger partial charge in [0.25, 0.3) is 5.91 Å². The number of primary amides is 1. The van der Waals surface area contributed by atoms with Gasteiger partial charge in [0, 0.05) is 24.5 Å². The van der Waals surface area contributed by atoms with Gasteiger partial charge in [0.15, 0.2) is 0 Å². The highest BCUT2D eigenvalue weighted by atomic mass is 32.1. The van der Waals surface area contributed by atoms with Crippen LogP contribution in [0.3, 0.4) is 0 Å². The maximum Gasteiger partial charge on any atom is 0.258 e. The maximum atomic E-state index is 11.3. The number of imidazole rings is 1. The van der Waals surface area contributed by atoms with Gasteiger partial charge in [0.2, 0.25) is 0 Å². The van der Waals surface area contributed by atoms with E-state index < -0.39 is 5.91 Å². The Hall–Kier alpha value is -2.97. The summed E-state index contributed by atoms with van der Waals surface area (Å²) < 4.78 is 3.96. The van der Waals surface area contributed by atoms with Gasteiger partial charge in [-0.05, 0) is 43.9 Å². The van der Waals surface area contributed by atoms with Crippen LogP contribution in [0.25, 0.3) is 27.3 Å². The summed E-state index contributed by atoms with van der Waals surface area (Å²) in [4.78, 5) is 19.5. The molecule has 0 aliphatic rings. The van der Waals surface area contributed by atoms with E-state index in [-0.39, 0.29) is 0 Å². The number of hydrogen-bond donors (Lipinski definition) is 1. The molecule has 0 saturated carbocycles. The van der Waals surface area contributed by atoms with Crippen LogP contribution >= 0.6 is 11.3 Å². The van der Waals surface area contributed by atoms with E-state index in [4.69, 9.17) is 5.73 Å². The molecule has 0 unspecified atom stereocenters. The van der Waals surface area contributed by atoms with Crippen molar-refractivity contribution in [3.8, 4) is 21.7 Å². The van der Waals surface area contributed by atoms with Gasteiger partial charge in [-0.1, -0.05) is 0 Å². The van der Waals surface area contributed by atoms with E-state index >= 15 is 0 Å². The molecule has 0 atom stereocenters. The molecule has 4 aromatic rings. The number of carbonyl (C=O) groups excluding carboxylic acids is 1. The SMILES string of the molecule is CN(C)CCn1cc(-c2ccn3c(-c4ccc(C(N)=O)s4)cnc3c2)cn1. The summed E-state index contributed by atoms with van der Waals surface area (Å²) in [6, 6.07) is 7.74. The molecule has 4 heterocycles. The number of thiophene rings is 1. The standard InChI is InChI=1S/C19H20N6OS/c1-23(2)7-8-24-12-14(10-22-24)13-5-6-25-15(11-21-18(25)9-13)16-3-4-17(27-16)19(20)26/h3-6,9-12H,7-8H2,1-2H3,(H2,20,26). The number of aromatic nitrogens is 4. The highest BCUT2D eigenvalue weighted by Gasteiger charge is 2.12. The predicted octanol–water partition coefficient (Wildman–Crippen LogP) is 2.59. The van der Waals surface area contributed by atoms with Gasteiger partial charge in [0.05, 0.1) is 34.4 Å². The van der Waals surface area contributed by atoms with Gasteiger partial charge in [-0.25, -0.2) is 4.98 Å². The van der Waals surface area contributed by atoms with Gasteiger partial charge in [0.1, 0.15) is 5.65 Å². The molecule has 2 N–H and O–H groups in total. The molecule has 0 saturated heterocycles. The molecule has 4 rings (SSSR count). The molecule has 7 nitrogen and oxygen atoms in total. The normalized spacial score (nSPS) is 11.5. The Morgan fingerprint density at radius 3 is 2.81 bits per heavy atom. The summed E-state index contributed by atoms with van der Waals surface area (Å²) in [5, 5.41) is 4.44. The lowest BCUT2D eigenvalue weighted by atomic mass is 10.1. The number of carbonyl (C=O) groups is 1. The fraction of sp³-hybridized carbons (Fsp3) is 0.211. The van der Waals surface area contributed by atoms with Gasteiger partial charge in [-0.15, -0.1) is 11.3 Å². The number of pyridine rings is 1. The average Bonchev–Trinajstić information content (AvgIpc) is 3.37. The van der Waals surface area contributed by atoms with Crippen molar-refractivity contribution in [3.05, 3.63) is 53.9 Å². The minimum Gasteiger partial charge on any atom is -0.365 e. The number of likely N-dealkylation sites (N-methyl/N-ethyl adjacent to an activating group) is 1. The predicted molar refractivity (Wildman–Crippen MR) is 107 cm³/mol.